The number of benzene rings is 2. The fourth-order valence-corrected chi connectivity index (χ4v) is 9.59. The SMILES string of the molecule is Cc1c[nH]c2c(OP(=O)(O)O)cc3c(c12)C(CCl)CN3C(=O)C12CC(C(=O)N3C[C@@H](CCl)c4c3cc(O)c3[nH]cc(C)c43)(C1)C2. The lowest BCUT2D eigenvalue weighted by Gasteiger charge is -2.69. The number of aromatic nitrogens is 2. The lowest BCUT2D eigenvalue weighted by atomic mass is 9.34. The number of phenols is 1. The number of rotatable bonds is 6. The Labute approximate surface area is 267 Å². The number of halogens is 2. The molecule has 9 rings (SSSR count). The number of anilines is 2. The second-order valence-electron chi connectivity index (χ2n) is 13.3. The minimum absolute atomic E-state index is 0.0426. The molecule has 2 bridgehead atoms. The van der Waals surface area contributed by atoms with Crippen molar-refractivity contribution in [2.45, 2.75) is 44.9 Å². The van der Waals surface area contributed by atoms with E-state index in [4.69, 9.17) is 27.7 Å². The zero-order valence-electron chi connectivity index (χ0n) is 24.5. The Kier molecular flexibility index (Phi) is 6.12. The summed E-state index contributed by atoms with van der Waals surface area (Å²) in [5, 5.41) is 12.4. The molecule has 0 spiro atoms. The maximum absolute atomic E-state index is 14.3. The van der Waals surface area contributed by atoms with Gasteiger partial charge >= 0.3 is 7.82 Å². The summed E-state index contributed by atoms with van der Waals surface area (Å²) in [5.74, 6) is 0.158. The van der Waals surface area contributed by atoms with Crippen LogP contribution in [0.4, 0.5) is 11.4 Å². The maximum Gasteiger partial charge on any atom is 0.524 e. The number of carbonyl (C=O) groups excluding carboxylic acids is 2. The minimum atomic E-state index is -4.89. The average Bonchev–Trinajstić information content (AvgIpc) is 3.69. The molecule has 2 aromatic heterocycles. The van der Waals surface area contributed by atoms with E-state index in [0.29, 0.717) is 60.6 Å². The monoisotopic (exact) mass is 672 g/mol. The van der Waals surface area contributed by atoms with Crippen LogP contribution >= 0.6 is 31.0 Å². The van der Waals surface area contributed by atoms with Crippen molar-refractivity contribution < 1.29 is 33.6 Å². The van der Waals surface area contributed by atoms with Crippen LogP contribution in [-0.4, -0.2) is 61.5 Å². The van der Waals surface area contributed by atoms with Gasteiger partial charge in [-0.1, -0.05) is 0 Å². The first-order valence-corrected chi connectivity index (χ1v) is 17.4. The van der Waals surface area contributed by atoms with Gasteiger partial charge in [0.2, 0.25) is 11.8 Å². The number of phosphoric acid groups is 1. The Bertz CT molecular complexity index is 2010. The normalized spacial score (nSPS) is 26.6. The lowest BCUT2D eigenvalue weighted by molar-refractivity contribution is -0.204. The Balaban J connectivity index is 1.10. The highest BCUT2D eigenvalue weighted by Crippen LogP contribution is 2.75. The van der Waals surface area contributed by atoms with Gasteiger partial charge in [0, 0.05) is 72.0 Å². The van der Waals surface area contributed by atoms with Crippen molar-refractivity contribution in [2.24, 2.45) is 10.8 Å². The molecule has 2 atom stereocenters. The minimum Gasteiger partial charge on any atom is -0.506 e. The van der Waals surface area contributed by atoms with E-state index >= 15 is 0 Å². The zero-order valence-corrected chi connectivity index (χ0v) is 26.9. The van der Waals surface area contributed by atoms with Crippen molar-refractivity contribution in [3.05, 3.63) is 46.8 Å². The smallest absolute Gasteiger partial charge is 0.506 e. The number of aromatic amines is 2. The fraction of sp³-hybridized carbons (Fsp3) is 0.419. The first-order chi connectivity index (χ1) is 21.3. The third-order valence-corrected chi connectivity index (χ3v) is 11.7. The fourth-order valence-electron chi connectivity index (χ4n) is 8.69. The van der Waals surface area contributed by atoms with Crippen molar-refractivity contribution >= 4 is 76.0 Å². The number of hydrogen-bond acceptors (Lipinski definition) is 5. The van der Waals surface area contributed by atoms with E-state index < -0.39 is 18.7 Å². The summed E-state index contributed by atoms with van der Waals surface area (Å²) in [6.45, 7) is 4.57. The molecule has 5 aliphatic rings. The van der Waals surface area contributed by atoms with E-state index in [1.807, 2.05) is 20.0 Å². The largest absolute Gasteiger partial charge is 0.524 e. The molecule has 3 aliphatic carbocycles. The lowest BCUT2D eigenvalue weighted by Crippen LogP contribution is -2.73. The number of phenolic OH excluding ortho intramolecular Hbond substituents is 1. The molecule has 0 radical (unpaired) electrons. The summed E-state index contributed by atoms with van der Waals surface area (Å²) in [5.41, 5.74) is 4.50. The second-order valence-corrected chi connectivity index (χ2v) is 15.1. The van der Waals surface area contributed by atoms with Crippen LogP contribution in [0.1, 0.15) is 53.4 Å². The summed E-state index contributed by atoms with van der Waals surface area (Å²) in [6, 6.07) is 3.14. The van der Waals surface area contributed by atoms with Crippen LogP contribution in [0.3, 0.4) is 0 Å². The van der Waals surface area contributed by atoms with Crippen molar-refractivity contribution in [3.63, 3.8) is 0 Å². The molecule has 0 saturated heterocycles. The van der Waals surface area contributed by atoms with Crippen LogP contribution in [0.2, 0.25) is 0 Å². The molecule has 3 fully saturated rings. The van der Waals surface area contributed by atoms with Gasteiger partial charge in [-0.25, -0.2) is 4.57 Å². The highest BCUT2D eigenvalue weighted by atomic mass is 35.5. The average molecular weight is 673 g/mol. The third-order valence-electron chi connectivity index (χ3n) is 10.5. The number of amides is 2. The first-order valence-electron chi connectivity index (χ1n) is 14.8. The van der Waals surface area contributed by atoms with E-state index in [2.05, 4.69) is 9.97 Å². The van der Waals surface area contributed by atoms with Crippen LogP contribution in [0.25, 0.3) is 21.8 Å². The van der Waals surface area contributed by atoms with Crippen LogP contribution in [0.5, 0.6) is 11.5 Å². The number of nitrogens with one attached hydrogen (secondary N) is 2. The summed E-state index contributed by atoms with van der Waals surface area (Å²) >= 11 is 12.8. The van der Waals surface area contributed by atoms with Gasteiger partial charge in [0.15, 0.2) is 5.75 Å². The number of aromatic hydroxyl groups is 1. The highest BCUT2D eigenvalue weighted by molar-refractivity contribution is 7.46. The Morgan fingerprint density at radius 1 is 0.889 bits per heavy atom. The van der Waals surface area contributed by atoms with Gasteiger partial charge in [-0.15, -0.1) is 23.2 Å². The summed E-state index contributed by atoms with van der Waals surface area (Å²) in [6.07, 6.45) is 4.78. The first kappa shape index (κ1) is 29.2. The molecule has 4 aromatic rings. The van der Waals surface area contributed by atoms with Crippen LogP contribution in [0.15, 0.2) is 24.5 Å². The van der Waals surface area contributed by atoms with Crippen LogP contribution in [-0.2, 0) is 14.2 Å². The molecule has 3 saturated carbocycles. The molecule has 11 nitrogen and oxygen atoms in total. The second kappa shape index (κ2) is 9.42. The van der Waals surface area contributed by atoms with Crippen molar-refractivity contribution in [3.8, 4) is 11.5 Å². The van der Waals surface area contributed by atoms with E-state index in [-0.39, 0.29) is 41.0 Å². The summed E-state index contributed by atoms with van der Waals surface area (Å²) < 4.78 is 16.9. The zero-order chi connectivity index (χ0) is 31.8. The molecule has 45 heavy (non-hydrogen) atoms. The van der Waals surface area contributed by atoms with Gasteiger partial charge < -0.3 is 29.4 Å². The highest BCUT2D eigenvalue weighted by Gasteiger charge is 2.76. The molecule has 2 aromatic carbocycles. The number of carbonyl (C=O) groups is 2. The van der Waals surface area contributed by atoms with Crippen LogP contribution in [0, 0.1) is 24.7 Å². The predicted molar refractivity (Wildman–Crippen MR) is 171 cm³/mol. The Morgan fingerprint density at radius 3 is 1.84 bits per heavy atom. The van der Waals surface area contributed by atoms with E-state index in [1.54, 1.807) is 22.1 Å². The molecular formula is C31H31Cl2N4O7P. The van der Waals surface area contributed by atoms with Crippen molar-refractivity contribution in [2.75, 3.05) is 34.6 Å². The number of H-pyrrole nitrogens is 2. The number of aryl methyl sites for hydroxylation is 2. The van der Waals surface area contributed by atoms with Gasteiger partial charge in [0.25, 0.3) is 0 Å². The van der Waals surface area contributed by atoms with Crippen molar-refractivity contribution in [1.82, 2.24) is 9.97 Å². The molecule has 5 N–H and O–H groups in total. The van der Waals surface area contributed by atoms with Gasteiger partial charge in [-0.2, -0.15) is 0 Å². The van der Waals surface area contributed by atoms with E-state index in [1.165, 1.54) is 6.07 Å². The van der Waals surface area contributed by atoms with Crippen molar-refractivity contribution in [1.29, 1.82) is 0 Å². The maximum atomic E-state index is 14.3. The number of fused-ring (bicyclic) bond motifs is 6. The summed E-state index contributed by atoms with van der Waals surface area (Å²) in [7, 11) is -4.89. The van der Waals surface area contributed by atoms with Gasteiger partial charge in [-0.05, 0) is 55.4 Å². The van der Waals surface area contributed by atoms with Gasteiger partial charge in [0.05, 0.1) is 33.2 Å². The standard InChI is InChI=1S/C31H31Cl2N4O7P/c1-14-7-34-26-20(38)3-18-24(22(14)26)16(5-32)9-36(18)28(39)30-11-31(12-30,13-30)29(40)37-10-17(6-33)25-19(37)4-21(44-45(41,42)43)27-23(25)15(2)8-35-27/h3-4,7-8,16-17,34-35,38H,5-6,9-13H2,1-2H3,(H2,41,42,43)/t16-,17?,30?,31?/m1/s1. The molecule has 236 valence electrons. The molecule has 14 heteroatoms. The number of alkyl halides is 2. The number of hydrogen-bond donors (Lipinski definition) is 5. The molecule has 1 unspecified atom stereocenters. The number of nitrogens with zero attached hydrogens (tertiary/aromatic N) is 2. The van der Waals surface area contributed by atoms with Gasteiger partial charge in [-0.3, -0.25) is 19.4 Å². The molecule has 2 amide bonds. The molecule has 4 heterocycles. The van der Waals surface area contributed by atoms with Gasteiger partial charge in [0.1, 0.15) is 5.75 Å². The third kappa shape index (κ3) is 3.88. The topological polar surface area (TPSA) is 159 Å². The molecule has 2 aliphatic heterocycles. The molecular weight excluding hydrogens is 642 g/mol. The van der Waals surface area contributed by atoms with E-state index in [0.717, 1.165) is 33.0 Å². The predicted octanol–water partition coefficient (Wildman–Crippen LogP) is 5.65. The van der Waals surface area contributed by atoms with Crippen LogP contribution < -0.4 is 14.3 Å². The Morgan fingerprint density at radius 2 is 1.36 bits per heavy atom. The Hall–Kier alpha value is -3.21. The quantitative estimate of drug-likeness (QED) is 0.131. The summed E-state index contributed by atoms with van der Waals surface area (Å²) in [4.78, 5) is 57.2. The van der Waals surface area contributed by atoms with E-state index in [9.17, 15) is 29.0 Å². The number of phosphoric ester groups is 1.